The maximum absolute atomic E-state index is 10.4. The molecule has 0 unspecified atom stereocenters. The van der Waals surface area contributed by atoms with Crippen LogP contribution >= 0.6 is 0 Å². The molecule has 0 saturated carbocycles. The van der Waals surface area contributed by atoms with E-state index in [1.807, 2.05) is 0 Å². The summed E-state index contributed by atoms with van der Waals surface area (Å²) < 4.78 is 6.16. The summed E-state index contributed by atoms with van der Waals surface area (Å²) in [7, 11) is -1.61. The normalized spacial score (nSPS) is 13.8. The lowest BCUT2D eigenvalue weighted by molar-refractivity contribution is -0.108. The molecule has 0 fully saturated rings. The molecule has 0 aromatic heterocycles. The Morgan fingerprint density at radius 3 is 2.00 bits per heavy atom. The van der Waals surface area contributed by atoms with Gasteiger partial charge in [-0.15, -0.1) is 0 Å². The summed E-state index contributed by atoms with van der Waals surface area (Å²) in [4.78, 5) is 10.4. The highest BCUT2D eigenvalue weighted by Gasteiger charge is 2.37. The van der Waals surface area contributed by atoms with E-state index in [-0.39, 0.29) is 10.5 Å². The number of rotatable bonds is 7. The van der Waals surface area contributed by atoms with Gasteiger partial charge in [0.1, 0.15) is 6.29 Å². The molecule has 2 nitrogen and oxygen atoms in total. The monoisotopic (exact) mass is 258 g/mol. The first-order chi connectivity index (χ1) is 7.52. The minimum Gasteiger partial charge on any atom is -0.417 e. The zero-order valence-corrected chi connectivity index (χ0v) is 13.7. The average molecular weight is 258 g/mol. The van der Waals surface area contributed by atoms with E-state index in [9.17, 15) is 4.79 Å². The van der Waals surface area contributed by atoms with E-state index in [1.165, 1.54) is 0 Å². The molecule has 0 radical (unpaired) electrons. The minimum absolute atomic E-state index is 0.212. The van der Waals surface area contributed by atoms with E-state index >= 15 is 0 Å². The van der Waals surface area contributed by atoms with Crippen LogP contribution in [0.1, 0.15) is 53.9 Å². The van der Waals surface area contributed by atoms with E-state index in [0.29, 0.717) is 6.42 Å². The Balaban J connectivity index is 4.10. The van der Waals surface area contributed by atoms with E-state index in [4.69, 9.17) is 4.43 Å². The minimum atomic E-state index is -1.61. The molecule has 0 heterocycles. The molecule has 0 rings (SSSR count). The molecule has 0 aromatic rings. The van der Waals surface area contributed by atoms with Gasteiger partial charge in [-0.25, -0.2) is 0 Å². The first kappa shape index (κ1) is 16.8. The van der Waals surface area contributed by atoms with Gasteiger partial charge in [-0.2, -0.15) is 0 Å². The van der Waals surface area contributed by atoms with Crippen molar-refractivity contribution in [2.45, 2.75) is 72.0 Å². The molecule has 0 atom stereocenters. The molecular weight excluding hydrogens is 228 g/mol. The molecule has 0 bridgehead atoms. The molecule has 17 heavy (non-hydrogen) atoms. The average Bonchev–Trinajstić information content (AvgIpc) is 2.12. The predicted molar refractivity (Wildman–Crippen MR) is 76.8 cm³/mol. The zero-order valence-electron chi connectivity index (χ0n) is 12.7. The third-order valence-corrected chi connectivity index (χ3v) is 8.53. The van der Waals surface area contributed by atoms with Crippen LogP contribution in [-0.2, 0) is 9.22 Å². The van der Waals surface area contributed by atoms with Gasteiger partial charge >= 0.3 is 0 Å². The number of carbonyl (C=O) groups excluding carboxylic acids is 1. The van der Waals surface area contributed by atoms with E-state index in [1.54, 1.807) is 0 Å². The van der Waals surface area contributed by atoms with Gasteiger partial charge in [-0.3, -0.25) is 0 Å². The predicted octanol–water partition coefficient (Wildman–Crippen LogP) is 4.40. The molecule has 102 valence electrons. The van der Waals surface area contributed by atoms with E-state index in [0.717, 1.165) is 25.7 Å². The van der Waals surface area contributed by atoms with Crippen molar-refractivity contribution in [3.05, 3.63) is 0 Å². The number of hydrogen-bond acceptors (Lipinski definition) is 2. The van der Waals surface area contributed by atoms with Crippen LogP contribution in [0.5, 0.6) is 0 Å². The summed E-state index contributed by atoms with van der Waals surface area (Å²) in [6.07, 6.45) is 3.66. The number of hydrogen-bond donors (Lipinski definition) is 0. The van der Waals surface area contributed by atoms with Crippen LogP contribution in [-0.4, -0.2) is 21.2 Å². The summed E-state index contributed by atoms with van der Waals surface area (Å²) in [5.74, 6) is 0. The Bertz CT molecular complexity index is 239. The van der Waals surface area contributed by atoms with E-state index < -0.39 is 8.32 Å². The Morgan fingerprint density at radius 1 is 1.06 bits per heavy atom. The van der Waals surface area contributed by atoms with Crippen molar-refractivity contribution in [1.82, 2.24) is 0 Å². The molecular formula is C14H30O2Si. The molecule has 0 aliphatic rings. The van der Waals surface area contributed by atoms with Crippen molar-refractivity contribution >= 4 is 14.6 Å². The standard InChI is InChI=1S/C14H30O2Si/c1-13(2,3)17(6,7)16-12-10-14(4,5)9-8-11-15/h11H,8-10,12H2,1-7H3. The Kier molecular flexibility index (Phi) is 6.09. The summed E-state index contributed by atoms with van der Waals surface area (Å²) in [5.41, 5.74) is 0.212. The lowest BCUT2D eigenvalue weighted by Gasteiger charge is -2.37. The largest absolute Gasteiger partial charge is 0.417 e. The fraction of sp³-hybridized carbons (Fsp3) is 0.929. The highest BCUT2D eigenvalue weighted by Crippen LogP contribution is 2.37. The molecule has 0 amide bonds. The van der Waals surface area contributed by atoms with Gasteiger partial charge in [-0.05, 0) is 36.4 Å². The third kappa shape index (κ3) is 6.37. The van der Waals surface area contributed by atoms with Crippen molar-refractivity contribution in [2.24, 2.45) is 5.41 Å². The third-order valence-electron chi connectivity index (χ3n) is 3.99. The quantitative estimate of drug-likeness (QED) is 0.499. The molecule has 0 aliphatic heterocycles. The van der Waals surface area contributed by atoms with Gasteiger partial charge in [-0.1, -0.05) is 34.6 Å². The fourth-order valence-corrected chi connectivity index (χ4v) is 2.42. The van der Waals surface area contributed by atoms with Crippen LogP contribution in [0.25, 0.3) is 0 Å². The van der Waals surface area contributed by atoms with Gasteiger partial charge in [0.15, 0.2) is 8.32 Å². The second-order valence-electron chi connectivity index (χ2n) is 7.23. The first-order valence-electron chi connectivity index (χ1n) is 6.59. The van der Waals surface area contributed by atoms with Gasteiger partial charge in [0.25, 0.3) is 0 Å². The van der Waals surface area contributed by atoms with E-state index in [2.05, 4.69) is 47.7 Å². The lowest BCUT2D eigenvalue weighted by atomic mass is 9.85. The summed E-state index contributed by atoms with van der Waals surface area (Å²) >= 11 is 0. The highest BCUT2D eigenvalue weighted by molar-refractivity contribution is 6.74. The van der Waals surface area contributed by atoms with Crippen molar-refractivity contribution in [3.8, 4) is 0 Å². The van der Waals surface area contributed by atoms with Gasteiger partial charge in [0.2, 0.25) is 0 Å². The maximum atomic E-state index is 10.4. The smallest absolute Gasteiger partial charge is 0.191 e. The van der Waals surface area contributed by atoms with Crippen LogP contribution in [0.4, 0.5) is 0 Å². The van der Waals surface area contributed by atoms with Crippen molar-refractivity contribution in [1.29, 1.82) is 0 Å². The fourth-order valence-electron chi connectivity index (χ4n) is 1.37. The molecule has 3 heteroatoms. The molecule has 0 aromatic carbocycles. The van der Waals surface area contributed by atoms with Crippen LogP contribution in [0.2, 0.25) is 18.1 Å². The lowest BCUT2D eigenvalue weighted by Crippen LogP contribution is -2.41. The first-order valence-corrected chi connectivity index (χ1v) is 9.50. The summed E-state index contributed by atoms with van der Waals surface area (Å²) in [5, 5.41) is 0.278. The van der Waals surface area contributed by atoms with Crippen molar-refractivity contribution < 1.29 is 9.22 Å². The van der Waals surface area contributed by atoms with Crippen molar-refractivity contribution in [3.63, 3.8) is 0 Å². The van der Waals surface area contributed by atoms with Crippen LogP contribution in [0.3, 0.4) is 0 Å². The Labute approximate surface area is 108 Å². The number of carbonyl (C=O) groups is 1. The van der Waals surface area contributed by atoms with Crippen molar-refractivity contribution in [2.75, 3.05) is 6.61 Å². The Morgan fingerprint density at radius 2 is 1.59 bits per heavy atom. The van der Waals surface area contributed by atoms with Gasteiger partial charge in [0, 0.05) is 13.0 Å². The molecule has 0 aliphatic carbocycles. The van der Waals surface area contributed by atoms with Crippen LogP contribution in [0.15, 0.2) is 0 Å². The van der Waals surface area contributed by atoms with Crippen LogP contribution in [0, 0.1) is 5.41 Å². The number of aldehydes is 1. The Hall–Kier alpha value is -0.153. The topological polar surface area (TPSA) is 26.3 Å². The van der Waals surface area contributed by atoms with Gasteiger partial charge < -0.3 is 9.22 Å². The maximum Gasteiger partial charge on any atom is 0.191 e. The zero-order chi connectivity index (χ0) is 13.7. The molecule has 0 N–H and O–H groups in total. The highest BCUT2D eigenvalue weighted by atomic mass is 28.4. The molecule has 0 spiro atoms. The SMILES string of the molecule is CC(C)(CCC=O)CCO[Si](C)(C)C(C)(C)C. The van der Waals surface area contributed by atoms with Crippen LogP contribution < -0.4 is 0 Å². The second kappa shape index (κ2) is 6.14. The van der Waals surface area contributed by atoms with Gasteiger partial charge in [0.05, 0.1) is 0 Å². The molecule has 0 saturated heterocycles. The summed E-state index contributed by atoms with van der Waals surface area (Å²) in [6.45, 7) is 16.6. The second-order valence-corrected chi connectivity index (χ2v) is 12.0. The summed E-state index contributed by atoms with van der Waals surface area (Å²) in [6, 6.07) is 0.